The van der Waals surface area contributed by atoms with Crippen molar-refractivity contribution in [1.29, 1.82) is 0 Å². The molecule has 0 atom stereocenters. The second-order valence-corrected chi connectivity index (χ2v) is 8.16. The molecular weight excluding hydrogens is 666 g/mol. The third kappa shape index (κ3) is 3.83. The minimum Gasteiger partial charge on any atom is -0.320 e. The fourth-order valence-corrected chi connectivity index (χ4v) is 5.82. The summed E-state index contributed by atoms with van der Waals surface area (Å²) in [5.41, 5.74) is 1.02. The van der Waals surface area contributed by atoms with Crippen LogP contribution in [0.4, 0.5) is 10.1 Å². The first-order valence-corrected chi connectivity index (χ1v) is 9.33. The molecule has 0 aromatic heterocycles. The molecule has 0 aliphatic rings. The van der Waals surface area contributed by atoms with E-state index >= 15 is 0 Å². The predicted octanol–water partition coefficient (Wildman–Crippen LogP) is 5.65. The molecule has 0 aliphatic heterocycles. The topological polar surface area (TPSA) is 29.1 Å². The van der Waals surface area contributed by atoms with Gasteiger partial charge in [-0.3, -0.25) is 4.79 Å². The van der Waals surface area contributed by atoms with Crippen LogP contribution in [0.3, 0.4) is 0 Å². The Balaban J connectivity index is 2.36. The van der Waals surface area contributed by atoms with E-state index in [0.29, 0.717) is 0 Å². The lowest BCUT2D eigenvalue weighted by Crippen LogP contribution is -2.15. The van der Waals surface area contributed by atoms with Gasteiger partial charge in [-0.2, -0.15) is 0 Å². The molecule has 0 spiro atoms. The second kappa shape index (κ2) is 7.18. The van der Waals surface area contributed by atoms with Crippen LogP contribution in [-0.4, -0.2) is 5.91 Å². The van der Waals surface area contributed by atoms with Crippen molar-refractivity contribution in [2.75, 3.05) is 5.32 Å². The number of carbonyl (C=O) groups excluding carboxylic acids is 1. The quantitative estimate of drug-likeness (QED) is 0.411. The summed E-state index contributed by atoms with van der Waals surface area (Å²) in [7, 11) is 0. The molecule has 1 N–H and O–H groups in total. The summed E-state index contributed by atoms with van der Waals surface area (Å²) in [6, 6.07) is 8.34. The van der Waals surface area contributed by atoms with Crippen molar-refractivity contribution in [3.63, 3.8) is 0 Å². The molecule has 2 aromatic rings. The van der Waals surface area contributed by atoms with Gasteiger partial charge in [-0.05, 0) is 108 Å². The van der Waals surface area contributed by atoms with Gasteiger partial charge in [0.1, 0.15) is 5.82 Å². The highest BCUT2D eigenvalue weighted by Gasteiger charge is 2.16. The largest absolute Gasteiger partial charge is 0.320 e. The van der Waals surface area contributed by atoms with Crippen molar-refractivity contribution >= 4 is 95.3 Å². The van der Waals surface area contributed by atoms with E-state index in [1.54, 1.807) is 6.07 Å². The van der Waals surface area contributed by atoms with Gasteiger partial charge in [-0.1, -0.05) is 6.07 Å². The standard InChI is InChI=1S/C13H6BrFI3NO/c14-11-7(2-1-3-8(11)15)13(20)19-12-9(17)4-6(16)5-10(12)18/h1-5H,(H,19,20). The molecule has 0 radical (unpaired) electrons. The summed E-state index contributed by atoms with van der Waals surface area (Å²) in [6.07, 6.45) is 0. The molecule has 7 heteroatoms. The molecule has 0 saturated heterocycles. The van der Waals surface area contributed by atoms with Crippen LogP contribution in [0.1, 0.15) is 10.4 Å². The zero-order chi connectivity index (χ0) is 14.9. The molecule has 1 amide bonds. The lowest BCUT2D eigenvalue weighted by molar-refractivity contribution is 0.102. The third-order valence-electron chi connectivity index (χ3n) is 2.44. The van der Waals surface area contributed by atoms with Crippen molar-refractivity contribution < 1.29 is 9.18 Å². The van der Waals surface area contributed by atoms with Crippen LogP contribution >= 0.6 is 83.7 Å². The van der Waals surface area contributed by atoms with Crippen molar-refractivity contribution in [2.45, 2.75) is 0 Å². The number of hydrogen-bond acceptors (Lipinski definition) is 1. The van der Waals surface area contributed by atoms with E-state index in [4.69, 9.17) is 0 Å². The molecule has 0 unspecified atom stereocenters. The first-order chi connectivity index (χ1) is 9.40. The van der Waals surface area contributed by atoms with E-state index in [2.05, 4.69) is 89.0 Å². The van der Waals surface area contributed by atoms with Gasteiger partial charge in [0.2, 0.25) is 0 Å². The van der Waals surface area contributed by atoms with Gasteiger partial charge in [0.25, 0.3) is 5.91 Å². The number of carbonyl (C=O) groups is 1. The predicted molar refractivity (Wildman–Crippen MR) is 107 cm³/mol. The molecule has 20 heavy (non-hydrogen) atoms. The Morgan fingerprint density at radius 1 is 1.15 bits per heavy atom. The molecule has 0 bridgehead atoms. The highest BCUT2D eigenvalue weighted by Crippen LogP contribution is 2.29. The Morgan fingerprint density at radius 3 is 2.35 bits per heavy atom. The van der Waals surface area contributed by atoms with Crippen molar-refractivity contribution in [1.82, 2.24) is 0 Å². The lowest BCUT2D eigenvalue weighted by atomic mass is 10.2. The van der Waals surface area contributed by atoms with Crippen LogP contribution in [0.15, 0.2) is 34.8 Å². The summed E-state index contributed by atoms with van der Waals surface area (Å²) < 4.78 is 16.6. The van der Waals surface area contributed by atoms with Crippen LogP contribution in [0.5, 0.6) is 0 Å². The first kappa shape index (κ1) is 16.9. The lowest BCUT2D eigenvalue weighted by Gasteiger charge is -2.11. The van der Waals surface area contributed by atoms with Gasteiger partial charge in [0, 0.05) is 10.7 Å². The van der Waals surface area contributed by atoms with Gasteiger partial charge in [-0.25, -0.2) is 4.39 Å². The number of benzene rings is 2. The zero-order valence-corrected chi connectivity index (χ0v) is 17.7. The van der Waals surface area contributed by atoms with E-state index < -0.39 is 5.82 Å². The van der Waals surface area contributed by atoms with Gasteiger partial charge in [0.15, 0.2) is 0 Å². The Labute approximate surface area is 164 Å². The molecule has 0 heterocycles. The maximum atomic E-state index is 13.5. The van der Waals surface area contributed by atoms with E-state index in [9.17, 15) is 9.18 Å². The first-order valence-electron chi connectivity index (χ1n) is 5.30. The molecule has 0 aliphatic carbocycles. The average molecular weight is 672 g/mol. The van der Waals surface area contributed by atoms with Crippen molar-refractivity contribution in [3.8, 4) is 0 Å². The van der Waals surface area contributed by atoms with Crippen molar-refractivity contribution in [3.05, 3.63) is 56.9 Å². The summed E-state index contributed by atoms with van der Waals surface area (Å²) in [5, 5.41) is 2.84. The number of rotatable bonds is 2. The molecular formula is C13H6BrFI3NO. The Morgan fingerprint density at radius 2 is 1.75 bits per heavy atom. The summed E-state index contributed by atoms with van der Waals surface area (Å²) >= 11 is 9.66. The van der Waals surface area contributed by atoms with E-state index in [1.165, 1.54) is 12.1 Å². The van der Waals surface area contributed by atoms with Gasteiger partial charge in [-0.15, -0.1) is 0 Å². The van der Waals surface area contributed by atoms with Gasteiger partial charge >= 0.3 is 0 Å². The highest BCUT2D eigenvalue weighted by molar-refractivity contribution is 14.1. The molecule has 2 nitrogen and oxygen atoms in total. The van der Waals surface area contributed by atoms with E-state index in [-0.39, 0.29) is 15.9 Å². The van der Waals surface area contributed by atoms with Crippen LogP contribution in [-0.2, 0) is 0 Å². The Hall–Kier alpha value is 0.510. The average Bonchev–Trinajstić information content (AvgIpc) is 2.36. The number of halogens is 5. The summed E-state index contributed by atoms with van der Waals surface area (Å²) in [5.74, 6) is -0.793. The van der Waals surface area contributed by atoms with Gasteiger partial charge in [0.05, 0.1) is 15.7 Å². The minimum atomic E-state index is -0.454. The summed E-state index contributed by atoms with van der Waals surface area (Å²) in [4.78, 5) is 12.3. The van der Waals surface area contributed by atoms with Crippen LogP contribution in [0, 0.1) is 16.5 Å². The Kier molecular flexibility index (Phi) is 6.06. The van der Waals surface area contributed by atoms with Crippen LogP contribution in [0.2, 0.25) is 0 Å². The smallest absolute Gasteiger partial charge is 0.256 e. The number of anilines is 1. The molecule has 0 fully saturated rings. The Bertz CT molecular complexity index is 670. The van der Waals surface area contributed by atoms with Crippen LogP contribution in [0.25, 0.3) is 0 Å². The van der Waals surface area contributed by atoms with Crippen LogP contribution < -0.4 is 5.32 Å². The van der Waals surface area contributed by atoms with Crippen molar-refractivity contribution in [2.24, 2.45) is 0 Å². The summed E-state index contributed by atoms with van der Waals surface area (Å²) in [6.45, 7) is 0. The minimum absolute atomic E-state index is 0.174. The zero-order valence-electron chi connectivity index (χ0n) is 9.68. The second-order valence-electron chi connectivity index (χ2n) is 3.80. The SMILES string of the molecule is O=C(Nc1c(I)cc(I)cc1I)c1cccc(F)c1Br. The molecule has 2 aromatic carbocycles. The molecule has 104 valence electrons. The fraction of sp³-hybridized carbons (Fsp3) is 0. The number of hydrogen-bond donors (Lipinski definition) is 1. The monoisotopic (exact) mass is 671 g/mol. The van der Waals surface area contributed by atoms with E-state index in [1.807, 2.05) is 12.1 Å². The molecule has 0 saturated carbocycles. The normalized spacial score (nSPS) is 10.4. The third-order valence-corrected chi connectivity index (χ3v) is 5.57. The fourth-order valence-electron chi connectivity index (χ4n) is 1.52. The van der Waals surface area contributed by atoms with Gasteiger partial charge < -0.3 is 5.32 Å². The maximum absolute atomic E-state index is 13.5. The number of amides is 1. The maximum Gasteiger partial charge on any atom is 0.256 e. The van der Waals surface area contributed by atoms with E-state index in [0.717, 1.165) is 16.4 Å². The molecule has 2 rings (SSSR count). The number of nitrogens with one attached hydrogen (secondary N) is 1. The highest BCUT2D eigenvalue weighted by atomic mass is 127.